The number of hydrogen-bond acceptors (Lipinski definition) is 5. The van der Waals surface area contributed by atoms with Gasteiger partial charge in [-0.1, -0.05) is 30.3 Å². The number of alkyl carbamates (subject to hydrolysis) is 1. The van der Waals surface area contributed by atoms with E-state index in [1.165, 1.54) is 10.9 Å². The van der Waals surface area contributed by atoms with E-state index in [9.17, 15) is 9.59 Å². The van der Waals surface area contributed by atoms with Gasteiger partial charge in [0.25, 0.3) is 5.91 Å². The summed E-state index contributed by atoms with van der Waals surface area (Å²) in [4.78, 5) is 23.1. The molecule has 0 saturated heterocycles. The second-order valence-electron chi connectivity index (χ2n) is 5.10. The van der Waals surface area contributed by atoms with Crippen molar-refractivity contribution in [2.75, 3.05) is 5.73 Å². The zero-order valence-electron chi connectivity index (χ0n) is 12.7. The van der Waals surface area contributed by atoms with E-state index in [1.807, 2.05) is 30.3 Å². The number of carbonyl (C=O) groups excluding carboxylic acids is 2. The molecule has 0 aliphatic carbocycles. The molecule has 8 nitrogen and oxygen atoms in total. The molecular formula is C15H19N5O3. The topological polar surface area (TPSA) is 125 Å². The lowest BCUT2D eigenvalue weighted by molar-refractivity contribution is 0.0990. The van der Waals surface area contributed by atoms with Crippen LogP contribution < -0.4 is 16.8 Å². The molecule has 1 heterocycles. The van der Waals surface area contributed by atoms with Gasteiger partial charge in [-0.2, -0.15) is 5.10 Å². The monoisotopic (exact) mass is 317 g/mol. The molecule has 2 amide bonds. The number of rotatable bonds is 6. The highest BCUT2D eigenvalue weighted by Gasteiger charge is 2.17. The molecule has 1 aromatic heterocycles. The normalized spacial score (nSPS) is 11.7. The molecule has 0 bridgehead atoms. The Morgan fingerprint density at radius 1 is 1.35 bits per heavy atom. The van der Waals surface area contributed by atoms with Gasteiger partial charge in [0.1, 0.15) is 12.3 Å². The van der Waals surface area contributed by atoms with Crippen LogP contribution in [-0.2, 0) is 17.9 Å². The van der Waals surface area contributed by atoms with E-state index in [4.69, 9.17) is 16.2 Å². The van der Waals surface area contributed by atoms with Crippen LogP contribution in [0.25, 0.3) is 0 Å². The van der Waals surface area contributed by atoms with Crippen molar-refractivity contribution in [2.24, 2.45) is 5.73 Å². The Hall–Kier alpha value is -3.03. The highest BCUT2D eigenvalue weighted by molar-refractivity contribution is 5.96. The van der Waals surface area contributed by atoms with Gasteiger partial charge in [-0.3, -0.25) is 9.48 Å². The summed E-state index contributed by atoms with van der Waals surface area (Å²) in [5.74, 6) is -0.668. The van der Waals surface area contributed by atoms with Crippen LogP contribution in [0.4, 0.5) is 10.5 Å². The van der Waals surface area contributed by atoms with Gasteiger partial charge in [0, 0.05) is 6.04 Å². The summed E-state index contributed by atoms with van der Waals surface area (Å²) in [6.45, 7) is 2.18. The number of primary amides is 1. The number of aromatic nitrogens is 2. The summed E-state index contributed by atoms with van der Waals surface area (Å²) in [5, 5.41) is 6.64. The summed E-state index contributed by atoms with van der Waals surface area (Å²) >= 11 is 0. The zero-order valence-corrected chi connectivity index (χ0v) is 12.7. The molecular weight excluding hydrogens is 298 g/mol. The van der Waals surface area contributed by atoms with Crippen molar-refractivity contribution < 1.29 is 14.3 Å². The number of benzene rings is 1. The first-order chi connectivity index (χ1) is 11.0. The van der Waals surface area contributed by atoms with Gasteiger partial charge in [-0.25, -0.2) is 4.79 Å². The molecule has 0 aliphatic rings. The van der Waals surface area contributed by atoms with Crippen molar-refractivity contribution >= 4 is 17.7 Å². The van der Waals surface area contributed by atoms with Crippen LogP contribution in [0.1, 0.15) is 23.0 Å². The maximum Gasteiger partial charge on any atom is 0.407 e. The predicted octanol–water partition coefficient (Wildman–Crippen LogP) is 0.879. The van der Waals surface area contributed by atoms with E-state index in [0.29, 0.717) is 0 Å². The van der Waals surface area contributed by atoms with Crippen molar-refractivity contribution in [1.82, 2.24) is 15.1 Å². The number of hydrogen-bond donors (Lipinski definition) is 3. The van der Waals surface area contributed by atoms with Gasteiger partial charge in [-0.05, 0) is 12.5 Å². The van der Waals surface area contributed by atoms with Crippen molar-refractivity contribution in [3.63, 3.8) is 0 Å². The van der Waals surface area contributed by atoms with E-state index in [-0.39, 0.29) is 30.6 Å². The predicted molar refractivity (Wildman–Crippen MR) is 84.4 cm³/mol. The van der Waals surface area contributed by atoms with Gasteiger partial charge < -0.3 is 21.5 Å². The standard InChI is InChI=1S/C15H19N5O3/c1-10(8-20-13(14(17)21)12(16)7-18-20)19-15(22)23-9-11-5-3-2-4-6-11/h2-7,10H,8-9,16H2,1H3,(H2,17,21)(H,19,22)/t10-/m1/s1. The highest BCUT2D eigenvalue weighted by Crippen LogP contribution is 2.10. The van der Waals surface area contributed by atoms with Gasteiger partial charge in [-0.15, -0.1) is 0 Å². The van der Waals surface area contributed by atoms with E-state index >= 15 is 0 Å². The van der Waals surface area contributed by atoms with Gasteiger partial charge in [0.15, 0.2) is 0 Å². The molecule has 0 unspecified atom stereocenters. The fraction of sp³-hybridized carbons (Fsp3) is 0.267. The van der Waals surface area contributed by atoms with Crippen LogP contribution in [0.15, 0.2) is 36.5 Å². The molecule has 0 saturated carbocycles. The average molecular weight is 317 g/mol. The van der Waals surface area contributed by atoms with Crippen molar-refractivity contribution in [2.45, 2.75) is 26.1 Å². The van der Waals surface area contributed by atoms with Crippen LogP contribution in [-0.4, -0.2) is 27.8 Å². The lowest BCUT2D eigenvalue weighted by Gasteiger charge is -2.15. The molecule has 23 heavy (non-hydrogen) atoms. The van der Waals surface area contributed by atoms with Crippen LogP contribution >= 0.6 is 0 Å². The Labute approximate surface area is 133 Å². The Bertz CT molecular complexity index is 684. The third kappa shape index (κ3) is 4.47. The maximum atomic E-state index is 11.8. The third-order valence-electron chi connectivity index (χ3n) is 3.12. The number of nitrogens with zero attached hydrogens (tertiary/aromatic N) is 2. The Kier molecular flexibility index (Phi) is 5.19. The quantitative estimate of drug-likeness (QED) is 0.729. The minimum atomic E-state index is -0.668. The van der Waals surface area contributed by atoms with E-state index in [0.717, 1.165) is 5.56 Å². The third-order valence-corrected chi connectivity index (χ3v) is 3.12. The molecule has 1 atom stereocenters. The fourth-order valence-corrected chi connectivity index (χ4v) is 2.08. The molecule has 5 N–H and O–H groups in total. The molecule has 0 spiro atoms. The first-order valence-electron chi connectivity index (χ1n) is 7.05. The molecule has 2 aromatic rings. The second-order valence-corrected chi connectivity index (χ2v) is 5.10. The first-order valence-corrected chi connectivity index (χ1v) is 7.05. The largest absolute Gasteiger partial charge is 0.445 e. The average Bonchev–Trinajstić information content (AvgIpc) is 2.86. The summed E-state index contributed by atoms with van der Waals surface area (Å²) in [6.07, 6.45) is 0.794. The Balaban J connectivity index is 1.86. The molecule has 0 radical (unpaired) electrons. The molecule has 122 valence electrons. The summed E-state index contributed by atoms with van der Waals surface area (Å²) in [5.41, 5.74) is 12.1. The second kappa shape index (κ2) is 7.30. The minimum Gasteiger partial charge on any atom is -0.445 e. The Morgan fingerprint density at radius 3 is 2.70 bits per heavy atom. The molecule has 0 aliphatic heterocycles. The number of amides is 2. The van der Waals surface area contributed by atoms with Crippen LogP contribution in [0.5, 0.6) is 0 Å². The van der Waals surface area contributed by atoms with E-state index < -0.39 is 12.0 Å². The lowest BCUT2D eigenvalue weighted by Crippen LogP contribution is -2.37. The lowest BCUT2D eigenvalue weighted by atomic mass is 10.2. The number of nitrogens with one attached hydrogen (secondary N) is 1. The van der Waals surface area contributed by atoms with Gasteiger partial charge in [0.05, 0.1) is 18.4 Å². The van der Waals surface area contributed by atoms with Crippen molar-refractivity contribution in [1.29, 1.82) is 0 Å². The summed E-state index contributed by atoms with van der Waals surface area (Å²) in [6, 6.07) is 9.03. The van der Waals surface area contributed by atoms with Crippen LogP contribution in [0, 0.1) is 0 Å². The highest BCUT2D eigenvalue weighted by atomic mass is 16.5. The maximum absolute atomic E-state index is 11.8. The number of ether oxygens (including phenoxy) is 1. The van der Waals surface area contributed by atoms with Gasteiger partial charge in [0.2, 0.25) is 0 Å². The van der Waals surface area contributed by atoms with Gasteiger partial charge >= 0.3 is 6.09 Å². The SMILES string of the molecule is C[C@H](Cn1ncc(N)c1C(N)=O)NC(=O)OCc1ccccc1. The Morgan fingerprint density at radius 2 is 2.04 bits per heavy atom. The minimum absolute atomic E-state index is 0.122. The molecule has 0 fully saturated rings. The number of nitrogens with two attached hydrogens (primary N) is 2. The fourth-order valence-electron chi connectivity index (χ4n) is 2.08. The van der Waals surface area contributed by atoms with Crippen LogP contribution in [0.2, 0.25) is 0 Å². The zero-order chi connectivity index (χ0) is 16.8. The molecule has 8 heteroatoms. The number of carbonyl (C=O) groups is 2. The smallest absolute Gasteiger partial charge is 0.407 e. The van der Waals surface area contributed by atoms with Crippen molar-refractivity contribution in [3.8, 4) is 0 Å². The van der Waals surface area contributed by atoms with E-state index in [1.54, 1.807) is 6.92 Å². The number of anilines is 1. The summed E-state index contributed by atoms with van der Waals surface area (Å²) < 4.78 is 6.48. The van der Waals surface area contributed by atoms with Crippen molar-refractivity contribution in [3.05, 3.63) is 47.8 Å². The van der Waals surface area contributed by atoms with Crippen LogP contribution in [0.3, 0.4) is 0 Å². The molecule has 1 aromatic carbocycles. The number of nitrogen functional groups attached to an aromatic ring is 1. The first kappa shape index (κ1) is 16.3. The summed E-state index contributed by atoms with van der Waals surface area (Å²) in [7, 11) is 0. The van der Waals surface area contributed by atoms with E-state index in [2.05, 4.69) is 10.4 Å². The molecule has 2 rings (SSSR count).